The minimum Gasteiger partial charge on any atom is -0.212 e. The fourth-order valence-electron chi connectivity index (χ4n) is 0.496. The molecular weight excluding hydrogens is 176 g/mol. The lowest BCUT2D eigenvalue weighted by Crippen LogP contribution is -2.45. The summed E-state index contributed by atoms with van der Waals surface area (Å²) < 4.78 is 24.8. The molecule has 0 saturated heterocycles. The maximum atomic E-state index is 11.2. The van der Waals surface area contributed by atoms with Crippen LogP contribution in [0.15, 0.2) is 0 Å². The third kappa shape index (κ3) is 3.20. The summed E-state index contributed by atoms with van der Waals surface area (Å²) in [7, 11) is -3.34. The van der Waals surface area contributed by atoms with Crippen LogP contribution in [0.25, 0.3) is 0 Å². The summed E-state index contributed by atoms with van der Waals surface area (Å²) in [6, 6.07) is 1.86. The molecule has 0 rings (SSSR count). The van der Waals surface area contributed by atoms with Gasteiger partial charge in [0.05, 0.1) is 11.3 Å². The Balaban J connectivity index is 4.61. The lowest BCUT2D eigenvalue weighted by atomic mass is 10.1. The second-order valence-electron chi connectivity index (χ2n) is 3.43. The van der Waals surface area contributed by atoms with Crippen molar-refractivity contribution in [3.8, 4) is 6.07 Å². The number of hydrogen-bond donors (Lipinski definition) is 1. The second-order valence-corrected chi connectivity index (χ2v) is 5.67. The quantitative estimate of drug-likeness (QED) is 0.709. The molecule has 0 spiro atoms. The first-order valence-electron chi connectivity index (χ1n) is 3.65. The Labute approximate surface area is 73.6 Å². The minimum atomic E-state index is -3.34. The lowest BCUT2D eigenvalue weighted by Gasteiger charge is -2.19. The van der Waals surface area contributed by atoms with E-state index in [9.17, 15) is 8.42 Å². The molecule has 0 aliphatic carbocycles. The largest absolute Gasteiger partial charge is 0.215 e. The van der Waals surface area contributed by atoms with E-state index in [0.717, 1.165) is 0 Å². The number of nitrogens with zero attached hydrogens (tertiary/aromatic N) is 1. The van der Waals surface area contributed by atoms with Crippen LogP contribution < -0.4 is 4.72 Å². The maximum Gasteiger partial charge on any atom is 0.215 e. The maximum absolute atomic E-state index is 11.2. The van der Waals surface area contributed by atoms with Gasteiger partial charge in [0, 0.05) is 0 Å². The molecule has 70 valence electrons. The molecule has 0 amide bonds. The van der Waals surface area contributed by atoms with Gasteiger partial charge in [0.25, 0.3) is 0 Å². The van der Waals surface area contributed by atoms with E-state index in [0.29, 0.717) is 0 Å². The third-order valence-corrected chi connectivity index (χ3v) is 3.33. The average molecular weight is 190 g/mol. The van der Waals surface area contributed by atoms with E-state index in [2.05, 4.69) is 4.72 Å². The smallest absolute Gasteiger partial charge is 0.212 e. The number of nitriles is 1. The van der Waals surface area contributed by atoms with Crippen LogP contribution >= 0.6 is 0 Å². The van der Waals surface area contributed by atoms with Crippen LogP contribution in [0.3, 0.4) is 0 Å². The zero-order chi connectivity index (χ0) is 9.99. The predicted octanol–water partition coefficient (Wildman–Crippen LogP) is 0.616. The molecule has 0 saturated carbocycles. The van der Waals surface area contributed by atoms with Crippen LogP contribution in [-0.2, 0) is 10.0 Å². The number of nitrogens with one attached hydrogen (secondary N) is 1. The van der Waals surface area contributed by atoms with Crippen molar-refractivity contribution >= 4 is 10.0 Å². The van der Waals surface area contributed by atoms with Gasteiger partial charge in [0.1, 0.15) is 5.54 Å². The van der Waals surface area contributed by atoms with Gasteiger partial charge in [-0.15, -0.1) is 0 Å². The van der Waals surface area contributed by atoms with Gasteiger partial charge < -0.3 is 0 Å². The highest BCUT2D eigenvalue weighted by molar-refractivity contribution is 7.90. The van der Waals surface area contributed by atoms with Gasteiger partial charge in [-0.25, -0.2) is 8.42 Å². The normalized spacial score (nSPS) is 13.0. The Morgan fingerprint density at radius 2 is 1.83 bits per heavy atom. The van der Waals surface area contributed by atoms with E-state index in [-0.39, 0.29) is 0 Å². The molecule has 0 fully saturated rings. The molecule has 4 nitrogen and oxygen atoms in total. The summed E-state index contributed by atoms with van der Waals surface area (Å²) in [6.07, 6.45) is 0. The molecule has 0 unspecified atom stereocenters. The highest BCUT2D eigenvalue weighted by Gasteiger charge is 2.26. The van der Waals surface area contributed by atoms with E-state index >= 15 is 0 Å². The molecule has 12 heavy (non-hydrogen) atoms. The first-order chi connectivity index (χ1) is 5.21. The molecule has 0 aromatic rings. The molecule has 0 aromatic heterocycles. The molecule has 0 aliphatic rings. The van der Waals surface area contributed by atoms with Crippen molar-refractivity contribution < 1.29 is 8.42 Å². The van der Waals surface area contributed by atoms with Crippen molar-refractivity contribution in [2.24, 2.45) is 0 Å². The van der Waals surface area contributed by atoms with Crippen LogP contribution in [0, 0.1) is 11.3 Å². The number of sulfonamides is 1. The first-order valence-corrected chi connectivity index (χ1v) is 5.20. The fraction of sp³-hybridized carbons (Fsp3) is 0.857. The van der Waals surface area contributed by atoms with Crippen molar-refractivity contribution in [2.45, 2.75) is 38.5 Å². The van der Waals surface area contributed by atoms with E-state index < -0.39 is 20.8 Å². The second kappa shape index (κ2) is 3.42. The summed E-state index contributed by atoms with van der Waals surface area (Å²) >= 11 is 0. The first kappa shape index (κ1) is 11.4. The molecule has 0 heterocycles. The summed E-state index contributed by atoms with van der Waals surface area (Å²) in [5.74, 6) is 0. The van der Waals surface area contributed by atoms with Crippen molar-refractivity contribution in [2.75, 3.05) is 0 Å². The van der Waals surface area contributed by atoms with Gasteiger partial charge >= 0.3 is 0 Å². The van der Waals surface area contributed by atoms with Crippen molar-refractivity contribution in [1.82, 2.24) is 4.72 Å². The van der Waals surface area contributed by atoms with Crippen LogP contribution in [0.4, 0.5) is 0 Å². The fourth-order valence-corrected chi connectivity index (χ4v) is 1.49. The van der Waals surface area contributed by atoms with Gasteiger partial charge in [0.2, 0.25) is 10.0 Å². The Morgan fingerprint density at radius 1 is 1.42 bits per heavy atom. The zero-order valence-electron chi connectivity index (χ0n) is 7.75. The molecule has 0 bridgehead atoms. The van der Waals surface area contributed by atoms with E-state index in [1.54, 1.807) is 13.8 Å². The Hall–Kier alpha value is -0.600. The van der Waals surface area contributed by atoms with Crippen LogP contribution in [0.2, 0.25) is 0 Å². The number of hydrogen-bond acceptors (Lipinski definition) is 3. The van der Waals surface area contributed by atoms with Gasteiger partial charge in [-0.1, -0.05) is 0 Å². The van der Waals surface area contributed by atoms with Gasteiger partial charge in [0.15, 0.2) is 0 Å². The van der Waals surface area contributed by atoms with Crippen LogP contribution in [0.5, 0.6) is 0 Å². The average Bonchev–Trinajstić information content (AvgIpc) is 1.85. The number of rotatable bonds is 3. The summed E-state index contributed by atoms with van der Waals surface area (Å²) in [5.41, 5.74) is -1.02. The van der Waals surface area contributed by atoms with Crippen molar-refractivity contribution in [3.05, 3.63) is 0 Å². The molecule has 0 aromatic carbocycles. The highest BCUT2D eigenvalue weighted by atomic mass is 32.2. The molecule has 0 atom stereocenters. The predicted molar refractivity (Wildman–Crippen MR) is 46.9 cm³/mol. The van der Waals surface area contributed by atoms with E-state index in [4.69, 9.17) is 5.26 Å². The molecule has 1 N–H and O–H groups in total. The SMILES string of the molecule is CC(C)S(=O)(=O)NC(C)(C)C#N. The van der Waals surface area contributed by atoms with E-state index in [1.165, 1.54) is 13.8 Å². The van der Waals surface area contributed by atoms with E-state index in [1.807, 2.05) is 6.07 Å². The molecule has 0 aliphatic heterocycles. The third-order valence-electron chi connectivity index (χ3n) is 1.30. The van der Waals surface area contributed by atoms with Crippen LogP contribution in [-0.4, -0.2) is 19.2 Å². The minimum absolute atomic E-state index is 0.509. The summed E-state index contributed by atoms with van der Waals surface area (Å²) in [6.45, 7) is 6.17. The monoisotopic (exact) mass is 190 g/mol. The molecule has 5 heteroatoms. The lowest BCUT2D eigenvalue weighted by molar-refractivity contribution is 0.528. The van der Waals surface area contributed by atoms with Crippen molar-refractivity contribution in [3.63, 3.8) is 0 Å². The van der Waals surface area contributed by atoms with Gasteiger partial charge in [-0.2, -0.15) is 9.98 Å². The van der Waals surface area contributed by atoms with Gasteiger partial charge in [-0.3, -0.25) is 0 Å². The van der Waals surface area contributed by atoms with Crippen molar-refractivity contribution in [1.29, 1.82) is 5.26 Å². The highest BCUT2D eigenvalue weighted by Crippen LogP contribution is 2.05. The summed E-state index contributed by atoms with van der Waals surface area (Å²) in [4.78, 5) is 0. The zero-order valence-corrected chi connectivity index (χ0v) is 8.57. The Morgan fingerprint density at radius 3 is 2.08 bits per heavy atom. The van der Waals surface area contributed by atoms with Gasteiger partial charge in [-0.05, 0) is 27.7 Å². The molecular formula is C7H14N2O2S. The Bertz CT molecular complexity index is 285. The van der Waals surface area contributed by atoms with Crippen LogP contribution in [0.1, 0.15) is 27.7 Å². The standard InChI is InChI=1S/C7H14N2O2S/c1-6(2)12(10,11)9-7(3,4)5-8/h6,9H,1-4H3. The topological polar surface area (TPSA) is 70.0 Å². The Kier molecular flexibility index (Phi) is 3.25. The summed E-state index contributed by atoms with van der Waals surface area (Å²) in [5, 5.41) is 8.05. The molecule has 0 radical (unpaired) electrons.